The van der Waals surface area contributed by atoms with Crippen LogP contribution in [0.2, 0.25) is 0 Å². The number of hydrogen-bond acceptors (Lipinski definition) is 8. The average Bonchev–Trinajstić information content (AvgIpc) is 2.75. The van der Waals surface area contributed by atoms with Gasteiger partial charge in [-0.3, -0.25) is 14.3 Å². The Kier molecular flexibility index (Phi) is 3.96. The molecule has 0 unspecified atom stereocenters. The number of aliphatic hydroxyl groups is 3. The summed E-state index contributed by atoms with van der Waals surface area (Å²) in [7, 11) is 1.20. The maximum atomic E-state index is 11.7. The van der Waals surface area contributed by atoms with Crippen LogP contribution >= 0.6 is 0 Å². The van der Waals surface area contributed by atoms with Gasteiger partial charge in [0.05, 0.1) is 13.3 Å². The minimum atomic E-state index is -1.65. The summed E-state index contributed by atoms with van der Waals surface area (Å²) in [5.74, 6) is -0.0417. The highest BCUT2D eigenvalue weighted by atomic mass is 16.6. The summed E-state index contributed by atoms with van der Waals surface area (Å²) in [4.78, 5) is 35.4. The molecule has 1 saturated heterocycles. The lowest BCUT2D eigenvalue weighted by molar-refractivity contribution is -0.0386. The standard InChI is InChI=1S/C11H12N2O8/c1-20-5-2-13(11(19)12-9(5)18)10-7(17)6(16)8(21-10)4(15)3-14/h2,6-8,10,15-17H,1H3,(H,12,18,19)/t6-,7+,8+,10+/m0/s1. The zero-order valence-corrected chi connectivity index (χ0v) is 10.7. The Hall–Kier alpha value is -2.39. The van der Waals surface area contributed by atoms with E-state index in [0.717, 1.165) is 16.7 Å². The first-order chi connectivity index (χ1) is 9.90. The maximum absolute atomic E-state index is 11.7. The summed E-state index contributed by atoms with van der Waals surface area (Å²) >= 11 is 0. The molecule has 0 bridgehead atoms. The van der Waals surface area contributed by atoms with Gasteiger partial charge in [0.15, 0.2) is 18.3 Å². The highest BCUT2D eigenvalue weighted by molar-refractivity contribution is 5.51. The van der Waals surface area contributed by atoms with Crippen LogP contribution in [-0.4, -0.2) is 56.2 Å². The lowest BCUT2D eigenvalue weighted by Crippen LogP contribution is -2.38. The van der Waals surface area contributed by atoms with E-state index < -0.39 is 41.5 Å². The second-order valence-electron chi connectivity index (χ2n) is 4.28. The van der Waals surface area contributed by atoms with Crippen LogP contribution in [0.15, 0.2) is 21.5 Å². The molecular formula is C11H12N2O8. The SMILES string of the molecule is COc1cn([C@@H]2O[C@H](C(O)=C=O)[C@@H](O)[C@H]2O)c(=O)[nH]c1=O. The molecule has 2 heterocycles. The van der Waals surface area contributed by atoms with Gasteiger partial charge in [0, 0.05) is 0 Å². The minimum Gasteiger partial charge on any atom is -0.500 e. The van der Waals surface area contributed by atoms with E-state index in [0.29, 0.717) is 0 Å². The van der Waals surface area contributed by atoms with Crippen molar-refractivity contribution in [2.75, 3.05) is 7.11 Å². The van der Waals surface area contributed by atoms with Crippen LogP contribution < -0.4 is 16.0 Å². The highest BCUT2D eigenvalue weighted by Gasteiger charge is 2.46. The topological polar surface area (TPSA) is 151 Å². The number of aromatic amines is 1. The van der Waals surface area contributed by atoms with Crippen LogP contribution in [0.3, 0.4) is 0 Å². The number of aliphatic hydroxyl groups excluding tert-OH is 3. The van der Waals surface area contributed by atoms with Crippen LogP contribution in [0.5, 0.6) is 5.75 Å². The monoisotopic (exact) mass is 300 g/mol. The van der Waals surface area contributed by atoms with E-state index >= 15 is 0 Å². The zero-order chi connectivity index (χ0) is 15.7. The molecule has 0 saturated carbocycles. The smallest absolute Gasteiger partial charge is 0.330 e. The first-order valence-corrected chi connectivity index (χ1v) is 5.75. The molecule has 1 aliphatic heterocycles. The molecule has 21 heavy (non-hydrogen) atoms. The number of rotatable bonds is 3. The summed E-state index contributed by atoms with van der Waals surface area (Å²) < 4.78 is 10.6. The molecule has 4 atom stereocenters. The third-order valence-corrected chi connectivity index (χ3v) is 3.04. The van der Waals surface area contributed by atoms with E-state index in [2.05, 4.69) is 0 Å². The van der Waals surface area contributed by atoms with Gasteiger partial charge in [-0.2, -0.15) is 0 Å². The lowest BCUT2D eigenvalue weighted by Gasteiger charge is -2.17. The quantitative estimate of drug-likeness (QED) is 0.351. The molecule has 4 N–H and O–H groups in total. The van der Waals surface area contributed by atoms with Gasteiger partial charge in [-0.15, -0.1) is 0 Å². The van der Waals surface area contributed by atoms with Gasteiger partial charge < -0.3 is 24.8 Å². The van der Waals surface area contributed by atoms with Crippen molar-refractivity contribution in [1.29, 1.82) is 0 Å². The lowest BCUT2D eigenvalue weighted by atomic mass is 10.1. The Bertz CT molecular complexity index is 701. The van der Waals surface area contributed by atoms with Gasteiger partial charge in [-0.25, -0.2) is 9.59 Å². The molecule has 0 aromatic carbocycles. The molecule has 0 amide bonds. The summed E-state index contributed by atoms with van der Waals surface area (Å²) in [6.07, 6.45) is -5.27. The minimum absolute atomic E-state index is 0.224. The predicted molar refractivity (Wildman–Crippen MR) is 65.6 cm³/mol. The number of hydrogen-bond donors (Lipinski definition) is 4. The number of methoxy groups -OCH3 is 1. The van der Waals surface area contributed by atoms with Crippen molar-refractivity contribution in [3.05, 3.63) is 32.8 Å². The number of nitrogens with one attached hydrogen (secondary N) is 1. The van der Waals surface area contributed by atoms with Crippen LogP contribution in [-0.2, 0) is 9.53 Å². The molecule has 114 valence electrons. The predicted octanol–water partition coefficient (Wildman–Crippen LogP) is -2.56. The fourth-order valence-electron chi connectivity index (χ4n) is 1.97. The molecule has 0 aliphatic carbocycles. The Morgan fingerprint density at radius 1 is 1.43 bits per heavy atom. The highest BCUT2D eigenvalue weighted by Crippen LogP contribution is 2.30. The second-order valence-corrected chi connectivity index (χ2v) is 4.28. The van der Waals surface area contributed by atoms with Gasteiger partial charge in [0.1, 0.15) is 12.2 Å². The molecule has 10 heteroatoms. The van der Waals surface area contributed by atoms with Crippen LogP contribution in [0, 0.1) is 0 Å². The normalized spacial score (nSPS) is 28.1. The Balaban J connectivity index is 2.46. The van der Waals surface area contributed by atoms with Crippen LogP contribution in [0.4, 0.5) is 0 Å². The number of aromatic nitrogens is 2. The fraction of sp³-hybridized carbons (Fsp3) is 0.455. The summed E-state index contributed by atoms with van der Waals surface area (Å²) in [6.45, 7) is 0. The molecule has 1 aromatic rings. The zero-order valence-electron chi connectivity index (χ0n) is 10.7. The molecule has 1 fully saturated rings. The average molecular weight is 300 g/mol. The van der Waals surface area contributed by atoms with Crippen molar-refractivity contribution in [3.63, 3.8) is 0 Å². The van der Waals surface area contributed by atoms with Crippen LogP contribution in [0.25, 0.3) is 0 Å². The molecule has 0 spiro atoms. The summed E-state index contributed by atoms with van der Waals surface area (Å²) in [5.41, 5.74) is -1.70. The van der Waals surface area contributed by atoms with Crippen LogP contribution in [0.1, 0.15) is 6.23 Å². The molecule has 1 aromatic heterocycles. The van der Waals surface area contributed by atoms with Crippen molar-refractivity contribution >= 4 is 5.94 Å². The summed E-state index contributed by atoms with van der Waals surface area (Å²) in [6, 6.07) is 0. The van der Waals surface area contributed by atoms with Gasteiger partial charge in [0.25, 0.3) is 5.56 Å². The number of H-pyrrole nitrogens is 1. The third-order valence-electron chi connectivity index (χ3n) is 3.04. The molecule has 1 aliphatic rings. The van der Waals surface area contributed by atoms with E-state index in [1.807, 2.05) is 4.98 Å². The molecule has 0 radical (unpaired) electrons. The van der Waals surface area contributed by atoms with Gasteiger partial charge >= 0.3 is 5.69 Å². The van der Waals surface area contributed by atoms with E-state index in [-0.39, 0.29) is 5.75 Å². The fourth-order valence-corrected chi connectivity index (χ4v) is 1.97. The third kappa shape index (κ3) is 2.48. The van der Waals surface area contributed by atoms with Gasteiger partial charge in [-0.1, -0.05) is 0 Å². The Labute approximate surface area is 116 Å². The van der Waals surface area contributed by atoms with Gasteiger partial charge in [0.2, 0.25) is 11.5 Å². The van der Waals surface area contributed by atoms with Gasteiger partial charge in [-0.05, 0) is 0 Å². The second kappa shape index (κ2) is 5.54. The van der Waals surface area contributed by atoms with E-state index in [9.17, 15) is 29.7 Å². The van der Waals surface area contributed by atoms with Crippen molar-refractivity contribution in [3.8, 4) is 5.75 Å². The summed E-state index contributed by atoms with van der Waals surface area (Å²) in [5, 5.41) is 28.8. The Morgan fingerprint density at radius 3 is 2.67 bits per heavy atom. The van der Waals surface area contributed by atoms with E-state index in [1.54, 1.807) is 0 Å². The van der Waals surface area contributed by atoms with Crippen molar-refractivity contribution in [1.82, 2.24) is 9.55 Å². The van der Waals surface area contributed by atoms with E-state index in [4.69, 9.17) is 9.47 Å². The first-order valence-electron chi connectivity index (χ1n) is 5.75. The Morgan fingerprint density at radius 2 is 2.10 bits per heavy atom. The largest absolute Gasteiger partial charge is 0.500 e. The molecule has 2 rings (SSSR count). The number of ether oxygens (including phenoxy) is 2. The number of nitrogens with zero attached hydrogens (tertiary/aromatic N) is 1. The van der Waals surface area contributed by atoms with Crippen molar-refractivity contribution < 1.29 is 29.6 Å². The number of carbonyl (C=O) groups excluding carboxylic acids is 1. The van der Waals surface area contributed by atoms with Crippen molar-refractivity contribution in [2.45, 2.75) is 24.5 Å². The maximum Gasteiger partial charge on any atom is 0.330 e. The molecular weight excluding hydrogens is 288 g/mol. The van der Waals surface area contributed by atoms with Crippen molar-refractivity contribution in [2.24, 2.45) is 0 Å². The van der Waals surface area contributed by atoms with E-state index in [1.165, 1.54) is 7.11 Å². The first kappa shape index (κ1) is 15.0. The molecule has 10 nitrogen and oxygen atoms in total.